The highest BCUT2D eigenvalue weighted by Crippen LogP contribution is 2.29. The number of nitrogens with one attached hydrogen (secondary N) is 1. The zero-order valence-electron chi connectivity index (χ0n) is 42.0. The number of nitrogens with zero attached hydrogens (tertiary/aromatic N) is 9. The average molecular weight is 1010 g/mol. The number of methoxy groups -OCH3 is 1. The molecule has 0 aliphatic heterocycles. The number of carboxylic acids is 1. The van der Waals surface area contributed by atoms with Crippen LogP contribution < -0.4 is 18.9 Å². The Morgan fingerprint density at radius 1 is 0.658 bits per heavy atom. The van der Waals surface area contributed by atoms with Gasteiger partial charge in [0.2, 0.25) is 11.8 Å². The predicted molar refractivity (Wildman–Crippen MR) is 275 cm³/mol. The van der Waals surface area contributed by atoms with Crippen LogP contribution >= 0.6 is 0 Å². The number of rotatable bonds is 21. The van der Waals surface area contributed by atoms with E-state index in [0.717, 1.165) is 39.4 Å². The van der Waals surface area contributed by atoms with Crippen LogP contribution in [0.25, 0.3) is 45.0 Å². The maximum Gasteiger partial charge on any atom is 0.341 e. The second-order valence-electron chi connectivity index (χ2n) is 19.2. The highest BCUT2D eigenvalue weighted by atomic mass is 28.3. The molecule has 0 saturated carbocycles. The van der Waals surface area contributed by atoms with Gasteiger partial charge in [-0.2, -0.15) is 14.6 Å². The fourth-order valence-corrected chi connectivity index (χ4v) is 7.15. The highest BCUT2D eigenvalue weighted by molar-refractivity contribution is 6.76. The van der Waals surface area contributed by atoms with Gasteiger partial charge in [0, 0.05) is 73.9 Å². The Morgan fingerprint density at radius 3 is 1.70 bits per heavy atom. The molecule has 0 bridgehead atoms. The number of aliphatic carboxylic acids is 1. The molecular weight excluding hydrogens is 949 g/mol. The SMILES string of the molecule is CC(C)(COc1ccc(-c2ccc(-c3nc(Oc4cccnc4)n[nH]3)cc2)cn1)C(=O)O.COC(=O)C(C)(C)COc1ccc(-c2ccc(-c3nc(Oc4cccnc4)n(COCC[Si](C)(C)C)n3)cc2)cn1. The Hall–Kier alpha value is -8.36. The molecular formula is C53H58N10O9Si. The van der Waals surface area contributed by atoms with Crippen molar-refractivity contribution >= 4 is 20.0 Å². The fraction of sp³-hybridized carbons (Fsp3) is 0.283. The number of hydrogen-bond donors (Lipinski definition) is 2. The highest BCUT2D eigenvalue weighted by Gasteiger charge is 2.30. The second-order valence-corrected chi connectivity index (χ2v) is 24.8. The summed E-state index contributed by atoms with van der Waals surface area (Å²) in [6.07, 6.45) is 9.98. The lowest BCUT2D eigenvalue weighted by atomic mass is 9.95. The molecule has 20 heteroatoms. The van der Waals surface area contributed by atoms with Crippen molar-refractivity contribution in [3.8, 4) is 80.3 Å². The smallest absolute Gasteiger partial charge is 0.341 e. The van der Waals surface area contributed by atoms with E-state index in [1.54, 1.807) is 99.9 Å². The molecule has 0 spiro atoms. The molecule has 0 radical (unpaired) electrons. The van der Waals surface area contributed by atoms with E-state index < -0.39 is 24.9 Å². The van der Waals surface area contributed by atoms with E-state index in [2.05, 4.69) is 64.8 Å². The third-order valence-corrected chi connectivity index (χ3v) is 12.6. The summed E-state index contributed by atoms with van der Waals surface area (Å²) in [7, 11) is 0.155. The summed E-state index contributed by atoms with van der Waals surface area (Å²) >= 11 is 0. The van der Waals surface area contributed by atoms with Crippen molar-refractivity contribution in [1.82, 2.24) is 49.9 Å². The van der Waals surface area contributed by atoms with Crippen LogP contribution in [0.2, 0.25) is 25.7 Å². The summed E-state index contributed by atoms with van der Waals surface area (Å²) in [5.74, 6) is 1.79. The Kier molecular flexibility index (Phi) is 17.0. The Labute approximate surface area is 424 Å². The molecule has 0 unspecified atom stereocenters. The molecule has 8 aromatic rings. The number of carbonyl (C=O) groups excluding carboxylic acids is 1. The van der Waals surface area contributed by atoms with Crippen molar-refractivity contribution in [3.05, 3.63) is 134 Å². The van der Waals surface area contributed by atoms with Crippen molar-refractivity contribution in [1.29, 1.82) is 0 Å². The summed E-state index contributed by atoms with van der Waals surface area (Å²) in [6.45, 7) is 14.8. The third-order valence-electron chi connectivity index (χ3n) is 10.9. The lowest BCUT2D eigenvalue weighted by Crippen LogP contribution is -2.32. The third kappa shape index (κ3) is 15.1. The van der Waals surface area contributed by atoms with E-state index in [4.69, 9.17) is 33.5 Å². The average Bonchev–Trinajstić information content (AvgIpc) is 4.04. The molecule has 8 rings (SSSR count). The number of pyridine rings is 4. The number of H-pyrrole nitrogens is 1. The molecule has 0 aliphatic carbocycles. The van der Waals surface area contributed by atoms with Crippen LogP contribution in [-0.4, -0.2) is 102 Å². The monoisotopic (exact) mass is 1010 g/mol. The first-order chi connectivity index (χ1) is 34.9. The molecule has 378 valence electrons. The van der Waals surface area contributed by atoms with Gasteiger partial charge in [-0.15, -0.1) is 10.2 Å². The fourth-order valence-electron chi connectivity index (χ4n) is 6.40. The quantitative estimate of drug-likeness (QED) is 0.0387. The zero-order chi connectivity index (χ0) is 52.0. The molecule has 0 aliphatic rings. The van der Waals surface area contributed by atoms with Gasteiger partial charge in [-0.25, -0.2) is 9.97 Å². The summed E-state index contributed by atoms with van der Waals surface area (Å²) in [6, 6.07) is 31.7. The van der Waals surface area contributed by atoms with Crippen LogP contribution in [-0.2, 0) is 25.8 Å². The molecule has 73 heavy (non-hydrogen) atoms. The molecule has 0 saturated heterocycles. The molecule has 6 aromatic heterocycles. The second kappa shape index (κ2) is 23.7. The number of aromatic nitrogens is 10. The lowest BCUT2D eigenvalue weighted by molar-refractivity contribution is -0.152. The number of carbonyl (C=O) groups is 2. The summed E-state index contributed by atoms with van der Waals surface area (Å²) in [4.78, 5) is 48.8. The van der Waals surface area contributed by atoms with Crippen LogP contribution in [0.1, 0.15) is 27.7 Å². The van der Waals surface area contributed by atoms with Crippen molar-refractivity contribution in [2.45, 2.75) is 60.1 Å². The molecule has 19 nitrogen and oxygen atoms in total. The Morgan fingerprint density at radius 2 is 1.19 bits per heavy atom. The van der Waals surface area contributed by atoms with Crippen LogP contribution in [0.4, 0.5) is 0 Å². The van der Waals surface area contributed by atoms with E-state index in [0.29, 0.717) is 47.5 Å². The van der Waals surface area contributed by atoms with Gasteiger partial charge < -0.3 is 33.5 Å². The van der Waals surface area contributed by atoms with Crippen LogP contribution in [0.5, 0.6) is 35.3 Å². The van der Waals surface area contributed by atoms with Crippen molar-refractivity contribution in [3.63, 3.8) is 0 Å². The van der Waals surface area contributed by atoms with E-state index in [9.17, 15) is 9.59 Å². The molecule has 0 atom stereocenters. The van der Waals surface area contributed by atoms with Crippen LogP contribution in [0, 0.1) is 10.8 Å². The number of carboxylic acid groups (broad SMARTS) is 1. The van der Waals surface area contributed by atoms with Crippen LogP contribution in [0.15, 0.2) is 134 Å². The van der Waals surface area contributed by atoms with Gasteiger partial charge in [0.05, 0.1) is 30.3 Å². The van der Waals surface area contributed by atoms with E-state index in [1.165, 1.54) is 7.11 Å². The van der Waals surface area contributed by atoms with Gasteiger partial charge >= 0.3 is 24.0 Å². The number of benzene rings is 2. The van der Waals surface area contributed by atoms with Gasteiger partial charge in [0.15, 0.2) is 11.6 Å². The van der Waals surface area contributed by atoms with Gasteiger partial charge in [0.1, 0.15) is 31.4 Å². The lowest BCUT2D eigenvalue weighted by Gasteiger charge is -2.21. The largest absolute Gasteiger partial charge is 0.481 e. The first kappa shape index (κ1) is 52.5. The Bertz CT molecular complexity index is 3020. The summed E-state index contributed by atoms with van der Waals surface area (Å²) in [5.41, 5.74) is 3.70. The molecule has 0 amide bonds. The number of aromatic amines is 1. The van der Waals surface area contributed by atoms with Gasteiger partial charge in [-0.3, -0.25) is 24.7 Å². The number of esters is 1. The normalized spacial score (nSPS) is 11.5. The first-order valence-electron chi connectivity index (χ1n) is 23.3. The number of ether oxygens (including phenoxy) is 6. The molecule has 2 aromatic carbocycles. The Balaban J connectivity index is 0.000000220. The zero-order valence-corrected chi connectivity index (χ0v) is 43.0. The van der Waals surface area contributed by atoms with E-state index in [1.807, 2.05) is 66.7 Å². The summed E-state index contributed by atoms with van der Waals surface area (Å²) < 4.78 is 35.2. The molecule has 6 heterocycles. The van der Waals surface area contributed by atoms with Gasteiger partial charge in [-0.05, 0) is 81.3 Å². The van der Waals surface area contributed by atoms with Gasteiger partial charge in [-0.1, -0.05) is 68.2 Å². The van der Waals surface area contributed by atoms with Crippen molar-refractivity contribution < 1.29 is 43.1 Å². The van der Waals surface area contributed by atoms with Crippen LogP contribution in [0.3, 0.4) is 0 Å². The maximum absolute atomic E-state index is 11.9. The minimum absolute atomic E-state index is 0.0348. The van der Waals surface area contributed by atoms with Crippen molar-refractivity contribution in [2.75, 3.05) is 26.9 Å². The topological polar surface area (TPSA) is 234 Å². The first-order valence-corrected chi connectivity index (χ1v) is 27.0. The van der Waals surface area contributed by atoms with E-state index >= 15 is 0 Å². The van der Waals surface area contributed by atoms with Gasteiger partial charge in [0.25, 0.3) is 0 Å². The number of hydrogen-bond acceptors (Lipinski definition) is 16. The minimum atomic E-state index is -1.21. The maximum atomic E-state index is 11.9. The minimum Gasteiger partial charge on any atom is -0.481 e. The van der Waals surface area contributed by atoms with Crippen molar-refractivity contribution in [2.24, 2.45) is 10.8 Å². The van der Waals surface area contributed by atoms with E-state index in [-0.39, 0.29) is 31.9 Å². The standard InChI is InChI=1S/C30H37N5O5Si.C23H21N5O4/c1-30(2,28(36)37-3)20-39-26-14-13-24(18-32-26)22-9-11-23(12-10-22)27-33-29(40-25-8-7-15-31-19-25)35(34-27)21-38-16-17-41(4,5)6;1-23(2,21(29)30)14-31-19-10-9-17(12-25-19)15-5-7-16(8-6-15)20-26-22(28-27-20)32-18-4-3-11-24-13-18/h7-15,18-19H,16-17,20-21H2,1-6H3;3-13H,14H2,1-2H3,(H,29,30)(H,26,27,28). The predicted octanol–water partition coefficient (Wildman–Crippen LogP) is 10.3. The molecule has 0 fully saturated rings. The molecule has 2 N–H and O–H groups in total. The summed E-state index contributed by atoms with van der Waals surface area (Å²) in [5, 5.41) is 20.8.